The number of hydrogen-bond acceptors (Lipinski definition) is 3. The molecule has 0 atom stereocenters. The van der Waals surface area contributed by atoms with Gasteiger partial charge < -0.3 is 0 Å². The van der Waals surface area contributed by atoms with E-state index in [0.717, 1.165) is 33.9 Å². The van der Waals surface area contributed by atoms with Crippen molar-refractivity contribution in [1.82, 2.24) is 4.98 Å². The maximum atomic E-state index is 10.6. The third-order valence-electron chi connectivity index (χ3n) is 2.49. The first kappa shape index (κ1) is 9.07. The van der Waals surface area contributed by atoms with Crippen LogP contribution < -0.4 is 0 Å². The second-order valence-electron chi connectivity index (χ2n) is 3.42. The molecule has 1 aliphatic rings. The summed E-state index contributed by atoms with van der Waals surface area (Å²) in [5.74, 6) is 0. The largest absolute Gasteiger partial charge is 0.295 e. The molecule has 4 heteroatoms. The van der Waals surface area contributed by atoms with Gasteiger partial charge in [-0.2, -0.15) is 0 Å². The minimum Gasteiger partial charge on any atom is -0.295 e. The molecular weight excluding hydrogens is 230 g/mol. The van der Waals surface area contributed by atoms with E-state index >= 15 is 0 Å². The van der Waals surface area contributed by atoms with Crippen molar-refractivity contribution >= 4 is 29.2 Å². The van der Waals surface area contributed by atoms with Gasteiger partial charge in [-0.05, 0) is 17.7 Å². The van der Waals surface area contributed by atoms with E-state index in [1.807, 2.05) is 18.2 Å². The fourth-order valence-corrected chi connectivity index (χ4v) is 2.98. The standard InChI is InChI=1S/C11H6ClNOS/c12-7-1-2-8-6(3-7)4-9-11(8)13-10(5-14)15-9/h1-3,5H,4H2. The molecule has 74 valence electrons. The molecule has 3 rings (SSSR count). The van der Waals surface area contributed by atoms with Crippen LogP contribution in [-0.4, -0.2) is 11.3 Å². The zero-order valence-electron chi connectivity index (χ0n) is 7.66. The van der Waals surface area contributed by atoms with Gasteiger partial charge in [-0.15, -0.1) is 11.3 Å². The molecule has 0 bridgehead atoms. The second-order valence-corrected chi connectivity index (χ2v) is 4.97. The third-order valence-corrected chi connectivity index (χ3v) is 3.70. The first-order valence-electron chi connectivity index (χ1n) is 4.51. The molecule has 0 saturated heterocycles. The molecule has 0 spiro atoms. The summed E-state index contributed by atoms with van der Waals surface area (Å²) >= 11 is 7.38. The van der Waals surface area contributed by atoms with Crippen LogP contribution in [0.5, 0.6) is 0 Å². The minimum absolute atomic E-state index is 0.556. The Morgan fingerprint density at radius 3 is 3.13 bits per heavy atom. The lowest BCUT2D eigenvalue weighted by atomic mass is 10.1. The third kappa shape index (κ3) is 1.31. The number of carbonyl (C=O) groups is 1. The van der Waals surface area contributed by atoms with Crippen molar-refractivity contribution in [2.75, 3.05) is 0 Å². The lowest BCUT2D eigenvalue weighted by molar-refractivity contribution is 0.112. The van der Waals surface area contributed by atoms with Gasteiger partial charge in [0.15, 0.2) is 11.3 Å². The van der Waals surface area contributed by atoms with Crippen LogP contribution in [0.15, 0.2) is 18.2 Å². The molecule has 0 aliphatic heterocycles. The van der Waals surface area contributed by atoms with E-state index in [1.54, 1.807) is 0 Å². The van der Waals surface area contributed by atoms with Crippen LogP contribution in [0, 0.1) is 0 Å². The van der Waals surface area contributed by atoms with Gasteiger partial charge in [0.1, 0.15) is 0 Å². The highest BCUT2D eigenvalue weighted by Crippen LogP contribution is 2.39. The number of fused-ring (bicyclic) bond motifs is 3. The molecular formula is C11H6ClNOS. The minimum atomic E-state index is 0.556. The molecule has 1 aromatic heterocycles. The lowest BCUT2D eigenvalue weighted by Gasteiger charge is -1.98. The zero-order valence-corrected chi connectivity index (χ0v) is 9.23. The average molecular weight is 236 g/mol. The number of halogens is 1. The van der Waals surface area contributed by atoms with Crippen molar-refractivity contribution in [2.45, 2.75) is 6.42 Å². The zero-order chi connectivity index (χ0) is 10.4. The molecule has 0 fully saturated rings. The van der Waals surface area contributed by atoms with E-state index in [4.69, 9.17) is 11.6 Å². The summed E-state index contributed by atoms with van der Waals surface area (Å²) in [6.45, 7) is 0. The summed E-state index contributed by atoms with van der Waals surface area (Å²) in [5.41, 5.74) is 3.27. The number of hydrogen-bond donors (Lipinski definition) is 0. The Bertz CT molecular complexity index is 562. The van der Waals surface area contributed by atoms with Gasteiger partial charge in [-0.1, -0.05) is 17.7 Å². The summed E-state index contributed by atoms with van der Waals surface area (Å²) in [6.07, 6.45) is 1.65. The van der Waals surface area contributed by atoms with Crippen molar-refractivity contribution in [3.63, 3.8) is 0 Å². The maximum absolute atomic E-state index is 10.6. The Labute approximate surface area is 95.5 Å². The first-order chi connectivity index (χ1) is 7.28. The molecule has 1 heterocycles. The van der Waals surface area contributed by atoms with Crippen molar-refractivity contribution in [3.05, 3.63) is 38.7 Å². The molecule has 0 radical (unpaired) electrons. The van der Waals surface area contributed by atoms with Gasteiger partial charge in [0.2, 0.25) is 0 Å². The van der Waals surface area contributed by atoms with Gasteiger partial charge in [0.05, 0.1) is 5.69 Å². The van der Waals surface area contributed by atoms with Crippen LogP contribution in [-0.2, 0) is 6.42 Å². The molecule has 0 N–H and O–H groups in total. The van der Waals surface area contributed by atoms with Crippen molar-refractivity contribution in [1.29, 1.82) is 0 Å². The maximum Gasteiger partial charge on any atom is 0.178 e. The smallest absolute Gasteiger partial charge is 0.178 e. The van der Waals surface area contributed by atoms with Crippen LogP contribution in [0.4, 0.5) is 0 Å². The van der Waals surface area contributed by atoms with Crippen molar-refractivity contribution < 1.29 is 4.79 Å². The number of aldehydes is 1. The second kappa shape index (κ2) is 3.15. The molecule has 2 nitrogen and oxygen atoms in total. The fourth-order valence-electron chi connectivity index (χ4n) is 1.86. The van der Waals surface area contributed by atoms with E-state index < -0.39 is 0 Å². The summed E-state index contributed by atoms with van der Waals surface area (Å²) in [5, 5.41) is 1.31. The first-order valence-corrected chi connectivity index (χ1v) is 5.71. The van der Waals surface area contributed by atoms with E-state index in [1.165, 1.54) is 16.9 Å². The van der Waals surface area contributed by atoms with Crippen LogP contribution in [0.25, 0.3) is 11.3 Å². The highest BCUT2D eigenvalue weighted by Gasteiger charge is 2.22. The Kier molecular flexibility index (Phi) is 1.90. The van der Waals surface area contributed by atoms with E-state index in [2.05, 4.69) is 4.98 Å². The SMILES string of the molecule is O=Cc1nc2c(s1)Cc1cc(Cl)ccc1-2. The monoisotopic (exact) mass is 235 g/mol. The number of aromatic nitrogens is 1. The highest BCUT2D eigenvalue weighted by atomic mass is 35.5. The highest BCUT2D eigenvalue weighted by molar-refractivity contribution is 7.13. The lowest BCUT2D eigenvalue weighted by Crippen LogP contribution is -1.82. The Balaban J connectivity index is 2.21. The summed E-state index contributed by atoms with van der Waals surface area (Å²) < 4.78 is 0. The normalized spacial score (nSPS) is 12.3. The van der Waals surface area contributed by atoms with Crippen molar-refractivity contribution in [3.8, 4) is 11.3 Å². The molecule has 1 aromatic carbocycles. The average Bonchev–Trinajstić information content (AvgIpc) is 2.73. The van der Waals surface area contributed by atoms with E-state index in [9.17, 15) is 4.79 Å². The summed E-state index contributed by atoms with van der Waals surface area (Å²) in [4.78, 5) is 16.1. The van der Waals surface area contributed by atoms with Gasteiger partial charge in [0, 0.05) is 21.9 Å². The van der Waals surface area contributed by atoms with Crippen LogP contribution >= 0.6 is 22.9 Å². The number of benzene rings is 1. The number of nitrogens with zero attached hydrogens (tertiary/aromatic N) is 1. The number of rotatable bonds is 1. The van der Waals surface area contributed by atoms with E-state index in [0.29, 0.717) is 5.01 Å². The van der Waals surface area contributed by atoms with Gasteiger partial charge in [-0.25, -0.2) is 4.98 Å². The molecule has 0 saturated carbocycles. The molecule has 15 heavy (non-hydrogen) atoms. The topological polar surface area (TPSA) is 30.0 Å². The fraction of sp³-hybridized carbons (Fsp3) is 0.0909. The van der Waals surface area contributed by atoms with Gasteiger partial charge >= 0.3 is 0 Å². The molecule has 0 amide bonds. The van der Waals surface area contributed by atoms with E-state index in [-0.39, 0.29) is 0 Å². The molecule has 0 unspecified atom stereocenters. The quantitative estimate of drug-likeness (QED) is 0.607. The van der Waals surface area contributed by atoms with Crippen molar-refractivity contribution in [2.24, 2.45) is 0 Å². The number of carbonyl (C=O) groups excluding carboxylic acids is 1. The van der Waals surface area contributed by atoms with Crippen LogP contribution in [0.3, 0.4) is 0 Å². The predicted octanol–water partition coefficient (Wildman–Crippen LogP) is 3.18. The van der Waals surface area contributed by atoms with Crippen LogP contribution in [0.1, 0.15) is 20.2 Å². The summed E-state index contributed by atoms with van der Waals surface area (Å²) in [7, 11) is 0. The Morgan fingerprint density at radius 2 is 2.33 bits per heavy atom. The van der Waals surface area contributed by atoms with Gasteiger partial charge in [-0.3, -0.25) is 4.79 Å². The molecule has 2 aromatic rings. The van der Waals surface area contributed by atoms with Gasteiger partial charge in [0.25, 0.3) is 0 Å². The Hall–Kier alpha value is -1.19. The van der Waals surface area contributed by atoms with Crippen LogP contribution in [0.2, 0.25) is 5.02 Å². The summed E-state index contributed by atoms with van der Waals surface area (Å²) in [6, 6.07) is 5.79. The predicted molar refractivity (Wildman–Crippen MR) is 60.8 cm³/mol. The number of thiazole rings is 1. The Morgan fingerprint density at radius 1 is 1.47 bits per heavy atom. The molecule has 1 aliphatic carbocycles.